The number of methoxy groups -OCH3 is 1. The molecule has 0 saturated carbocycles. The zero-order valence-corrected chi connectivity index (χ0v) is 8.35. The highest BCUT2D eigenvalue weighted by Gasteiger charge is 2.38. The van der Waals surface area contributed by atoms with E-state index in [2.05, 4.69) is 9.72 Å². The second-order valence-electron chi connectivity index (χ2n) is 2.88. The van der Waals surface area contributed by atoms with Crippen LogP contribution in [0.3, 0.4) is 0 Å². The van der Waals surface area contributed by atoms with Crippen LogP contribution in [0.15, 0.2) is 6.20 Å². The Kier molecular flexibility index (Phi) is 3.50. The van der Waals surface area contributed by atoms with E-state index < -0.39 is 35.2 Å². The van der Waals surface area contributed by atoms with Crippen LogP contribution in [0.2, 0.25) is 0 Å². The largest absolute Gasteiger partial charge is 0.495 e. The van der Waals surface area contributed by atoms with Gasteiger partial charge in [-0.1, -0.05) is 0 Å². The first kappa shape index (κ1) is 13.2. The molecule has 0 fully saturated rings. The Morgan fingerprint density at radius 1 is 1.41 bits per heavy atom. The highest BCUT2D eigenvalue weighted by atomic mass is 19.4. The lowest BCUT2D eigenvalue weighted by Crippen LogP contribution is -2.12. The van der Waals surface area contributed by atoms with E-state index in [1.54, 1.807) is 0 Å². The number of halogens is 5. The lowest BCUT2D eigenvalue weighted by Gasteiger charge is -2.15. The Labute approximate surface area is 92.4 Å². The summed E-state index contributed by atoms with van der Waals surface area (Å²) in [5.41, 5.74) is -3.37. The fourth-order valence-electron chi connectivity index (χ4n) is 1.22. The van der Waals surface area contributed by atoms with E-state index in [1.807, 2.05) is 0 Å². The molecule has 0 spiro atoms. The summed E-state index contributed by atoms with van der Waals surface area (Å²) in [6.07, 6.45) is -7.87. The van der Waals surface area contributed by atoms with Gasteiger partial charge in [0.15, 0.2) is 5.69 Å². The van der Waals surface area contributed by atoms with Crippen LogP contribution in [-0.2, 0) is 6.18 Å². The fourth-order valence-corrected chi connectivity index (χ4v) is 1.22. The van der Waals surface area contributed by atoms with Crippen LogP contribution < -0.4 is 4.74 Å². The molecule has 92 valence electrons. The predicted molar refractivity (Wildman–Crippen MR) is 45.5 cm³/mol. The molecule has 0 saturated heterocycles. The van der Waals surface area contributed by atoms with Gasteiger partial charge in [0.05, 0.1) is 12.7 Å². The van der Waals surface area contributed by atoms with Crippen molar-refractivity contribution in [1.29, 1.82) is 5.26 Å². The predicted octanol–water partition coefficient (Wildman–Crippen LogP) is 2.92. The number of ether oxygens (including phenoxy) is 1. The Morgan fingerprint density at radius 3 is 2.35 bits per heavy atom. The molecule has 0 N–H and O–H groups in total. The smallest absolute Gasteiger partial charge is 0.421 e. The van der Waals surface area contributed by atoms with Crippen molar-refractivity contribution in [1.82, 2.24) is 4.98 Å². The zero-order valence-electron chi connectivity index (χ0n) is 8.35. The highest BCUT2D eigenvalue weighted by molar-refractivity contribution is 5.48. The van der Waals surface area contributed by atoms with Gasteiger partial charge in [0, 0.05) is 6.20 Å². The van der Waals surface area contributed by atoms with Gasteiger partial charge < -0.3 is 4.74 Å². The summed E-state index contributed by atoms with van der Waals surface area (Å²) in [6, 6.07) is 1.29. The summed E-state index contributed by atoms with van der Waals surface area (Å²) >= 11 is 0. The maximum absolute atomic E-state index is 12.6. The highest BCUT2D eigenvalue weighted by Crippen LogP contribution is 2.41. The van der Waals surface area contributed by atoms with Crippen LogP contribution in [0, 0.1) is 11.3 Å². The van der Waals surface area contributed by atoms with E-state index in [0.717, 1.165) is 7.11 Å². The van der Waals surface area contributed by atoms with Crippen molar-refractivity contribution in [2.24, 2.45) is 0 Å². The molecule has 1 aromatic heterocycles. The SMILES string of the molecule is COc1c(C(F)(F)F)cnc(C#N)c1C(F)F. The minimum Gasteiger partial charge on any atom is -0.495 e. The molecule has 1 rings (SSSR count). The van der Waals surface area contributed by atoms with Crippen LogP contribution in [0.5, 0.6) is 5.75 Å². The molecule has 8 heteroatoms. The Hall–Kier alpha value is -1.91. The third kappa shape index (κ3) is 2.43. The Bertz CT molecular complexity index is 464. The van der Waals surface area contributed by atoms with Crippen LogP contribution in [0.25, 0.3) is 0 Å². The molecule has 0 bridgehead atoms. The van der Waals surface area contributed by atoms with E-state index in [0.29, 0.717) is 6.20 Å². The van der Waals surface area contributed by atoms with Crippen LogP contribution >= 0.6 is 0 Å². The minimum atomic E-state index is -4.88. The van der Waals surface area contributed by atoms with E-state index in [9.17, 15) is 22.0 Å². The first-order valence-electron chi connectivity index (χ1n) is 4.15. The summed E-state index contributed by atoms with van der Waals surface area (Å²) in [4.78, 5) is 3.05. The second kappa shape index (κ2) is 4.53. The van der Waals surface area contributed by atoms with Gasteiger partial charge in [-0.3, -0.25) is 0 Å². The van der Waals surface area contributed by atoms with Crippen LogP contribution in [-0.4, -0.2) is 12.1 Å². The van der Waals surface area contributed by atoms with E-state index in [-0.39, 0.29) is 0 Å². The summed E-state index contributed by atoms with van der Waals surface area (Å²) in [6.45, 7) is 0. The summed E-state index contributed by atoms with van der Waals surface area (Å²) < 4.78 is 66.9. The molecule has 17 heavy (non-hydrogen) atoms. The standard InChI is InChI=1S/C9H5F5N2O/c1-17-7-4(9(12,13)14)3-16-5(2-15)6(7)8(10)11/h3,8H,1H3. The molecule has 0 radical (unpaired) electrons. The van der Waals surface area contributed by atoms with Crippen molar-refractivity contribution in [3.05, 3.63) is 23.0 Å². The van der Waals surface area contributed by atoms with Gasteiger partial charge in [-0.05, 0) is 0 Å². The van der Waals surface area contributed by atoms with Crippen molar-refractivity contribution in [3.8, 4) is 11.8 Å². The lowest BCUT2D eigenvalue weighted by molar-refractivity contribution is -0.139. The number of nitrogens with zero attached hydrogens (tertiary/aromatic N) is 2. The van der Waals surface area contributed by atoms with Gasteiger partial charge in [-0.2, -0.15) is 18.4 Å². The molecular weight excluding hydrogens is 247 g/mol. The van der Waals surface area contributed by atoms with Crippen molar-refractivity contribution in [2.45, 2.75) is 12.6 Å². The molecule has 0 unspecified atom stereocenters. The number of pyridine rings is 1. The second-order valence-corrected chi connectivity index (χ2v) is 2.88. The Balaban J connectivity index is 3.60. The third-order valence-corrected chi connectivity index (χ3v) is 1.90. The number of aromatic nitrogens is 1. The van der Waals surface area contributed by atoms with Gasteiger partial charge >= 0.3 is 6.18 Å². The van der Waals surface area contributed by atoms with Crippen LogP contribution in [0.4, 0.5) is 22.0 Å². The summed E-state index contributed by atoms with van der Waals surface area (Å²) in [5, 5.41) is 8.50. The molecule has 0 aromatic carbocycles. The monoisotopic (exact) mass is 252 g/mol. The van der Waals surface area contributed by atoms with Crippen LogP contribution in [0.1, 0.15) is 23.2 Å². The molecule has 1 heterocycles. The first-order valence-corrected chi connectivity index (χ1v) is 4.15. The zero-order chi connectivity index (χ0) is 13.2. The number of hydrogen-bond donors (Lipinski definition) is 0. The van der Waals surface area contributed by atoms with E-state index in [1.165, 1.54) is 6.07 Å². The number of rotatable bonds is 2. The van der Waals surface area contributed by atoms with Crippen molar-refractivity contribution < 1.29 is 26.7 Å². The lowest BCUT2D eigenvalue weighted by atomic mass is 10.1. The minimum absolute atomic E-state index is 0.295. The molecule has 0 aliphatic rings. The van der Waals surface area contributed by atoms with Gasteiger partial charge in [0.1, 0.15) is 17.4 Å². The number of hydrogen-bond acceptors (Lipinski definition) is 3. The van der Waals surface area contributed by atoms with Gasteiger partial charge in [-0.15, -0.1) is 0 Å². The molecule has 0 atom stereocenters. The van der Waals surface area contributed by atoms with Gasteiger partial charge in [0.25, 0.3) is 6.43 Å². The fraction of sp³-hybridized carbons (Fsp3) is 0.333. The third-order valence-electron chi connectivity index (χ3n) is 1.90. The number of nitriles is 1. The van der Waals surface area contributed by atoms with E-state index in [4.69, 9.17) is 5.26 Å². The van der Waals surface area contributed by atoms with E-state index >= 15 is 0 Å². The van der Waals surface area contributed by atoms with Crippen molar-refractivity contribution >= 4 is 0 Å². The molecule has 0 amide bonds. The quantitative estimate of drug-likeness (QED) is 0.760. The van der Waals surface area contributed by atoms with Gasteiger partial charge in [-0.25, -0.2) is 13.8 Å². The molecule has 0 aliphatic heterocycles. The topological polar surface area (TPSA) is 45.9 Å². The molecule has 1 aromatic rings. The normalized spacial score (nSPS) is 11.4. The maximum Gasteiger partial charge on any atom is 0.421 e. The maximum atomic E-state index is 12.6. The number of alkyl halides is 5. The van der Waals surface area contributed by atoms with Gasteiger partial charge in [0.2, 0.25) is 0 Å². The first-order chi connectivity index (χ1) is 7.82. The average Bonchev–Trinajstić information content (AvgIpc) is 2.25. The summed E-state index contributed by atoms with van der Waals surface area (Å²) in [7, 11) is 0.817. The summed E-state index contributed by atoms with van der Waals surface area (Å²) in [5.74, 6) is -1.07. The molecule has 3 nitrogen and oxygen atoms in total. The Morgan fingerprint density at radius 2 is 2.00 bits per heavy atom. The molecule has 0 aliphatic carbocycles. The molecular formula is C9H5F5N2O. The van der Waals surface area contributed by atoms with Crippen molar-refractivity contribution in [2.75, 3.05) is 7.11 Å². The average molecular weight is 252 g/mol. The van der Waals surface area contributed by atoms with Crippen molar-refractivity contribution in [3.63, 3.8) is 0 Å².